The second-order valence-electron chi connectivity index (χ2n) is 6.36. The molecule has 0 saturated carbocycles. The van der Waals surface area contributed by atoms with Crippen LogP contribution < -0.4 is 5.32 Å². The summed E-state index contributed by atoms with van der Waals surface area (Å²) in [6.45, 7) is 7.05. The molecule has 0 aliphatic carbocycles. The quantitative estimate of drug-likeness (QED) is 0.849. The van der Waals surface area contributed by atoms with Gasteiger partial charge < -0.3 is 5.32 Å². The Hall–Kier alpha value is -1.74. The molecule has 2 aromatic rings. The molecule has 1 nitrogen and oxygen atoms in total. The molecule has 3 heteroatoms. The first-order chi connectivity index (χ1) is 9.86. The third-order valence-electron chi connectivity index (χ3n) is 3.49. The molecule has 0 aliphatic heterocycles. The molecule has 1 unspecified atom stereocenters. The molecule has 1 atom stereocenters. The number of rotatable bonds is 4. The van der Waals surface area contributed by atoms with Crippen LogP contribution in [0, 0.1) is 17.0 Å². The van der Waals surface area contributed by atoms with E-state index in [1.165, 1.54) is 24.3 Å². The lowest BCUT2D eigenvalue weighted by Gasteiger charge is -2.32. The van der Waals surface area contributed by atoms with Gasteiger partial charge in [0.25, 0.3) is 0 Å². The highest BCUT2D eigenvalue weighted by atomic mass is 19.1. The van der Waals surface area contributed by atoms with Crippen LogP contribution in [-0.4, -0.2) is 0 Å². The Balaban J connectivity index is 2.14. The lowest BCUT2D eigenvalue weighted by molar-refractivity contribution is 0.271. The SMILES string of the molecule is CC(C)(C)C(NCc1ccc(F)cc1)c1ccc(F)cc1. The molecular weight excluding hydrogens is 268 g/mol. The molecule has 2 aromatic carbocycles. The van der Waals surface area contributed by atoms with Gasteiger partial charge in [-0.05, 0) is 40.8 Å². The minimum atomic E-state index is -0.232. The Bertz CT molecular complexity index is 568. The molecule has 0 saturated heterocycles. The van der Waals surface area contributed by atoms with Crippen LogP contribution in [0.5, 0.6) is 0 Å². The molecule has 0 fully saturated rings. The second-order valence-corrected chi connectivity index (χ2v) is 6.36. The van der Waals surface area contributed by atoms with E-state index in [2.05, 4.69) is 26.1 Å². The minimum Gasteiger partial charge on any atom is -0.305 e. The van der Waals surface area contributed by atoms with Gasteiger partial charge in [0, 0.05) is 12.6 Å². The average molecular weight is 289 g/mol. The molecule has 112 valence electrons. The maximum absolute atomic E-state index is 13.1. The summed E-state index contributed by atoms with van der Waals surface area (Å²) in [4.78, 5) is 0. The van der Waals surface area contributed by atoms with Crippen LogP contribution in [0.25, 0.3) is 0 Å². The first-order valence-corrected chi connectivity index (χ1v) is 7.09. The summed E-state index contributed by atoms with van der Waals surface area (Å²) < 4.78 is 26.0. The van der Waals surface area contributed by atoms with E-state index in [1.807, 2.05) is 12.1 Å². The number of hydrogen-bond donors (Lipinski definition) is 1. The van der Waals surface area contributed by atoms with Crippen molar-refractivity contribution < 1.29 is 8.78 Å². The highest BCUT2D eigenvalue weighted by Crippen LogP contribution is 2.33. The van der Waals surface area contributed by atoms with E-state index in [-0.39, 0.29) is 23.1 Å². The van der Waals surface area contributed by atoms with Gasteiger partial charge in [-0.3, -0.25) is 0 Å². The van der Waals surface area contributed by atoms with Crippen molar-refractivity contribution in [3.05, 3.63) is 71.3 Å². The number of hydrogen-bond acceptors (Lipinski definition) is 1. The van der Waals surface area contributed by atoms with E-state index in [0.717, 1.165) is 11.1 Å². The fraction of sp³-hybridized carbons (Fsp3) is 0.333. The Morgan fingerprint density at radius 1 is 0.857 bits per heavy atom. The zero-order valence-electron chi connectivity index (χ0n) is 12.7. The van der Waals surface area contributed by atoms with Gasteiger partial charge in [-0.25, -0.2) is 8.78 Å². The van der Waals surface area contributed by atoms with E-state index in [9.17, 15) is 8.78 Å². The maximum atomic E-state index is 13.1. The van der Waals surface area contributed by atoms with E-state index < -0.39 is 0 Å². The minimum absolute atomic E-state index is 0.0160. The summed E-state index contributed by atoms with van der Waals surface area (Å²) in [7, 11) is 0. The maximum Gasteiger partial charge on any atom is 0.123 e. The van der Waals surface area contributed by atoms with Crippen LogP contribution in [0.4, 0.5) is 8.78 Å². The van der Waals surface area contributed by atoms with E-state index in [1.54, 1.807) is 12.1 Å². The Labute approximate surface area is 125 Å². The fourth-order valence-electron chi connectivity index (χ4n) is 2.40. The molecule has 0 spiro atoms. The summed E-state index contributed by atoms with van der Waals surface area (Å²) in [6, 6.07) is 13.1. The molecule has 0 aliphatic rings. The molecule has 2 rings (SSSR count). The highest BCUT2D eigenvalue weighted by Gasteiger charge is 2.25. The molecule has 0 bridgehead atoms. The molecule has 0 heterocycles. The van der Waals surface area contributed by atoms with Gasteiger partial charge in [0.05, 0.1) is 0 Å². The van der Waals surface area contributed by atoms with Crippen LogP contribution in [-0.2, 0) is 6.54 Å². The van der Waals surface area contributed by atoms with Gasteiger partial charge in [-0.2, -0.15) is 0 Å². The van der Waals surface area contributed by atoms with Crippen molar-refractivity contribution in [2.24, 2.45) is 5.41 Å². The Morgan fingerprint density at radius 3 is 1.81 bits per heavy atom. The lowest BCUT2D eigenvalue weighted by atomic mass is 9.82. The van der Waals surface area contributed by atoms with Crippen LogP contribution in [0.15, 0.2) is 48.5 Å². The van der Waals surface area contributed by atoms with Crippen molar-refractivity contribution in [2.75, 3.05) is 0 Å². The molecule has 0 radical (unpaired) electrons. The summed E-state index contributed by atoms with van der Waals surface area (Å²) >= 11 is 0. The number of halogens is 2. The molecule has 21 heavy (non-hydrogen) atoms. The topological polar surface area (TPSA) is 12.0 Å². The van der Waals surface area contributed by atoms with Gasteiger partial charge in [-0.15, -0.1) is 0 Å². The van der Waals surface area contributed by atoms with Gasteiger partial charge in [-0.1, -0.05) is 45.0 Å². The van der Waals surface area contributed by atoms with Crippen LogP contribution >= 0.6 is 0 Å². The van der Waals surface area contributed by atoms with E-state index in [4.69, 9.17) is 0 Å². The van der Waals surface area contributed by atoms with Crippen molar-refractivity contribution >= 4 is 0 Å². The van der Waals surface area contributed by atoms with Crippen molar-refractivity contribution in [1.82, 2.24) is 5.32 Å². The largest absolute Gasteiger partial charge is 0.305 e. The van der Waals surface area contributed by atoms with Gasteiger partial charge in [0.2, 0.25) is 0 Å². The fourth-order valence-corrected chi connectivity index (χ4v) is 2.40. The smallest absolute Gasteiger partial charge is 0.123 e. The number of nitrogens with one attached hydrogen (secondary N) is 1. The zero-order valence-corrected chi connectivity index (χ0v) is 12.7. The van der Waals surface area contributed by atoms with Crippen molar-refractivity contribution in [2.45, 2.75) is 33.4 Å². The third kappa shape index (κ3) is 4.36. The van der Waals surface area contributed by atoms with Crippen LogP contribution in [0.2, 0.25) is 0 Å². The molecule has 0 amide bonds. The second kappa shape index (κ2) is 6.35. The summed E-state index contributed by atoms with van der Waals surface area (Å²) in [5.74, 6) is -0.463. The van der Waals surface area contributed by atoms with Crippen molar-refractivity contribution in [3.63, 3.8) is 0 Å². The average Bonchev–Trinajstić information content (AvgIpc) is 2.42. The predicted octanol–water partition coefficient (Wildman–Crippen LogP) is 4.84. The van der Waals surface area contributed by atoms with Gasteiger partial charge in [0.15, 0.2) is 0 Å². The molecular formula is C18H21F2N. The van der Waals surface area contributed by atoms with Crippen molar-refractivity contribution in [1.29, 1.82) is 0 Å². The normalized spacial score (nSPS) is 13.2. The van der Waals surface area contributed by atoms with Crippen molar-refractivity contribution in [3.8, 4) is 0 Å². The molecule has 1 N–H and O–H groups in total. The van der Waals surface area contributed by atoms with Crippen LogP contribution in [0.1, 0.15) is 37.9 Å². The first-order valence-electron chi connectivity index (χ1n) is 7.09. The van der Waals surface area contributed by atoms with Gasteiger partial charge in [0.1, 0.15) is 11.6 Å². The Kier molecular flexibility index (Phi) is 4.73. The molecule has 0 aromatic heterocycles. The highest BCUT2D eigenvalue weighted by molar-refractivity contribution is 5.22. The van der Waals surface area contributed by atoms with E-state index in [0.29, 0.717) is 6.54 Å². The third-order valence-corrected chi connectivity index (χ3v) is 3.49. The Morgan fingerprint density at radius 2 is 1.33 bits per heavy atom. The zero-order chi connectivity index (χ0) is 15.5. The monoisotopic (exact) mass is 289 g/mol. The summed E-state index contributed by atoms with van der Waals surface area (Å²) in [5.41, 5.74) is 2.05. The summed E-state index contributed by atoms with van der Waals surface area (Å²) in [5, 5.41) is 3.49. The number of benzene rings is 2. The predicted molar refractivity (Wildman–Crippen MR) is 81.8 cm³/mol. The standard InChI is InChI=1S/C18H21F2N/c1-18(2,3)17(14-6-10-16(20)11-7-14)21-12-13-4-8-15(19)9-5-13/h4-11,17,21H,12H2,1-3H3. The van der Waals surface area contributed by atoms with Crippen LogP contribution in [0.3, 0.4) is 0 Å². The van der Waals surface area contributed by atoms with Gasteiger partial charge >= 0.3 is 0 Å². The first kappa shape index (κ1) is 15.6. The van der Waals surface area contributed by atoms with E-state index >= 15 is 0 Å². The lowest BCUT2D eigenvalue weighted by Crippen LogP contribution is -2.32. The summed E-state index contributed by atoms with van der Waals surface area (Å²) in [6.07, 6.45) is 0.